The van der Waals surface area contributed by atoms with Crippen LogP contribution in [0.2, 0.25) is 0 Å². The van der Waals surface area contributed by atoms with Gasteiger partial charge in [-0.1, -0.05) is 382 Å². The topological polar surface area (TPSA) is 32.8 Å². The van der Waals surface area contributed by atoms with Gasteiger partial charge in [0.15, 0.2) is 0 Å². The van der Waals surface area contributed by atoms with Crippen molar-refractivity contribution < 1.29 is 8.83 Å². The summed E-state index contributed by atoms with van der Waals surface area (Å²) in [6.45, 7) is 0. The van der Waals surface area contributed by atoms with Crippen molar-refractivity contribution in [2.45, 2.75) is 0 Å². The zero-order valence-electron chi connectivity index (χ0n) is 65.7. The smallest absolute Gasteiger partial charge is 0.143 e. The molecular formula is C116H78N2O2. The molecule has 0 N–H and O–H groups in total. The first-order valence-corrected chi connectivity index (χ1v) is 41.0. The molecule has 0 aliphatic carbocycles. The standard InChI is InChI=1S/2C58H39NO/c1-2-10-40(11-3-1)41-20-22-42(23-21-41)43-24-26-44(27-25-43)45-28-34-49(35-29-45)59(50-36-30-47(31-37-50)53-16-8-13-46-12-4-5-14-52(46)53)51-38-32-48(33-39-51)54-17-9-18-56-55-15-6-7-19-57(55)60-58(54)56;1-2-9-40(10-3-1)42-17-19-43(20-18-42)44-21-23-45(24-22-44)46-27-33-51(34-28-46)59(52-35-29-47(30-36-52)50-26-25-41-11-4-5-12-49(41)39-50)53-37-31-48(32-38-53)54-14-8-15-56-55-13-6-7-16-57(55)60-58(54)56/h2*1-39H. The van der Waals surface area contributed by atoms with Gasteiger partial charge in [0.25, 0.3) is 0 Å². The Morgan fingerprint density at radius 1 is 0.133 bits per heavy atom. The van der Waals surface area contributed by atoms with E-state index in [0.717, 1.165) is 100 Å². The van der Waals surface area contributed by atoms with Crippen LogP contribution in [0.3, 0.4) is 0 Å². The summed E-state index contributed by atoms with van der Waals surface area (Å²) in [7, 11) is 0. The fourth-order valence-corrected chi connectivity index (χ4v) is 17.2. The molecule has 20 aromatic carbocycles. The van der Waals surface area contributed by atoms with Crippen LogP contribution in [0.25, 0.3) is 177 Å². The molecule has 0 aliphatic rings. The van der Waals surface area contributed by atoms with Gasteiger partial charge in [0.1, 0.15) is 22.3 Å². The molecule has 0 radical (unpaired) electrons. The van der Waals surface area contributed by atoms with Crippen molar-refractivity contribution in [2.24, 2.45) is 0 Å². The second-order valence-corrected chi connectivity index (χ2v) is 30.6. The number of benzene rings is 20. The van der Waals surface area contributed by atoms with Gasteiger partial charge in [-0.15, -0.1) is 0 Å². The van der Waals surface area contributed by atoms with Crippen molar-refractivity contribution >= 4 is 99.5 Å². The van der Waals surface area contributed by atoms with E-state index in [1.54, 1.807) is 0 Å². The monoisotopic (exact) mass is 1530 g/mol. The van der Waals surface area contributed by atoms with E-state index >= 15 is 0 Å². The molecule has 564 valence electrons. The summed E-state index contributed by atoms with van der Waals surface area (Å²) < 4.78 is 12.8. The predicted octanol–water partition coefficient (Wildman–Crippen LogP) is 33.1. The van der Waals surface area contributed by atoms with Crippen LogP contribution >= 0.6 is 0 Å². The third-order valence-electron chi connectivity index (χ3n) is 23.5. The lowest BCUT2D eigenvalue weighted by molar-refractivity contribution is 0.669. The second kappa shape index (κ2) is 31.7. The minimum Gasteiger partial charge on any atom is -0.455 e. The maximum Gasteiger partial charge on any atom is 0.143 e. The minimum absolute atomic E-state index is 0.905. The van der Waals surface area contributed by atoms with Crippen molar-refractivity contribution in [3.8, 4) is 111 Å². The number of rotatable bonds is 16. The fraction of sp³-hybridized carbons (Fsp3) is 0. The lowest BCUT2D eigenvalue weighted by Gasteiger charge is -2.26. The number of hydrogen-bond donors (Lipinski definition) is 0. The van der Waals surface area contributed by atoms with Crippen LogP contribution in [0.1, 0.15) is 0 Å². The number of furan rings is 2. The molecule has 0 aliphatic heterocycles. The summed E-state index contributed by atoms with van der Waals surface area (Å²) in [5, 5.41) is 9.52. The van der Waals surface area contributed by atoms with E-state index in [-0.39, 0.29) is 0 Å². The zero-order chi connectivity index (χ0) is 79.7. The van der Waals surface area contributed by atoms with Crippen LogP contribution in [-0.2, 0) is 0 Å². The molecule has 22 rings (SSSR count). The summed E-state index contributed by atoms with van der Waals surface area (Å²) in [5.41, 5.74) is 33.8. The van der Waals surface area contributed by atoms with Crippen LogP contribution in [0.15, 0.2) is 482 Å². The Morgan fingerprint density at radius 2 is 0.367 bits per heavy atom. The lowest BCUT2D eigenvalue weighted by Crippen LogP contribution is -2.09. The molecule has 0 saturated heterocycles. The molecule has 22 aromatic rings. The number of fused-ring (bicyclic) bond motifs is 8. The molecule has 4 nitrogen and oxygen atoms in total. The molecule has 0 fully saturated rings. The normalized spacial score (nSPS) is 11.3. The van der Waals surface area contributed by atoms with E-state index < -0.39 is 0 Å². The molecule has 0 unspecified atom stereocenters. The number of nitrogens with zero attached hydrogens (tertiary/aromatic N) is 2. The predicted molar refractivity (Wildman–Crippen MR) is 506 cm³/mol. The van der Waals surface area contributed by atoms with E-state index in [1.165, 1.54) is 111 Å². The maximum atomic E-state index is 6.41. The molecule has 0 spiro atoms. The third-order valence-corrected chi connectivity index (χ3v) is 23.5. The average molecular weight is 1530 g/mol. The first kappa shape index (κ1) is 71.9. The summed E-state index contributed by atoms with van der Waals surface area (Å²) in [4.78, 5) is 4.67. The Kier molecular flexibility index (Phi) is 19.0. The summed E-state index contributed by atoms with van der Waals surface area (Å²) in [6, 6.07) is 170. The van der Waals surface area contributed by atoms with E-state index in [1.807, 2.05) is 24.3 Å². The van der Waals surface area contributed by atoms with Gasteiger partial charge < -0.3 is 18.6 Å². The highest BCUT2D eigenvalue weighted by atomic mass is 16.3. The summed E-state index contributed by atoms with van der Waals surface area (Å²) in [6.07, 6.45) is 0. The molecule has 0 amide bonds. The molecule has 0 atom stereocenters. The Bertz CT molecular complexity index is 7400. The first-order valence-electron chi connectivity index (χ1n) is 41.0. The van der Waals surface area contributed by atoms with Crippen molar-refractivity contribution in [3.05, 3.63) is 473 Å². The van der Waals surface area contributed by atoms with Crippen LogP contribution in [0, 0.1) is 0 Å². The van der Waals surface area contributed by atoms with Crippen LogP contribution < -0.4 is 9.80 Å². The van der Waals surface area contributed by atoms with Crippen LogP contribution in [-0.4, -0.2) is 0 Å². The molecule has 4 heteroatoms. The van der Waals surface area contributed by atoms with Crippen molar-refractivity contribution in [1.29, 1.82) is 0 Å². The highest BCUT2D eigenvalue weighted by molar-refractivity contribution is 6.11. The average Bonchev–Trinajstić information content (AvgIpc) is 1.59. The van der Waals surface area contributed by atoms with Crippen LogP contribution in [0.5, 0.6) is 0 Å². The summed E-state index contributed by atoms with van der Waals surface area (Å²) >= 11 is 0. The lowest BCUT2D eigenvalue weighted by atomic mass is 9.97. The highest BCUT2D eigenvalue weighted by Gasteiger charge is 2.21. The molecule has 2 heterocycles. The first-order chi connectivity index (χ1) is 59.4. The number of anilines is 6. The van der Waals surface area contributed by atoms with Gasteiger partial charge in [0, 0.05) is 66.8 Å². The van der Waals surface area contributed by atoms with E-state index in [9.17, 15) is 0 Å². The Morgan fingerprint density at radius 3 is 0.733 bits per heavy atom. The van der Waals surface area contributed by atoms with Crippen molar-refractivity contribution in [2.75, 3.05) is 9.80 Å². The van der Waals surface area contributed by atoms with Gasteiger partial charge >= 0.3 is 0 Å². The Hall–Kier alpha value is -15.9. The molecule has 2 aromatic heterocycles. The van der Waals surface area contributed by atoms with Crippen molar-refractivity contribution in [3.63, 3.8) is 0 Å². The summed E-state index contributed by atoms with van der Waals surface area (Å²) in [5.74, 6) is 0. The second-order valence-electron chi connectivity index (χ2n) is 30.6. The van der Waals surface area contributed by atoms with Gasteiger partial charge in [0.2, 0.25) is 0 Å². The molecule has 120 heavy (non-hydrogen) atoms. The number of para-hydroxylation sites is 4. The van der Waals surface area contributed by atoms with Crippen LogP contribution in [0.4, 0.5) is 34.1 Å². The highest BCUT2D eigenvalue weighted by Crippen LogP contribution is 2.45. The van der Waals surface area contributed by atoms with Gasteiger partial charge in [-0.25, -0.2) is 0 Å². The van der Waals surface area contributed by atoms with E-state index in [2.05, 4.69) is 459 Å². The van der Waals surface area contributed by atoms with Crippen molar-refractivity contribution in [1.82, 2.24) is 0 Å². The Balaban J connectivity index is 0.000000148. The Labute approximate surface area is 697 Å². The largest absolute Gasteiger partial charge is 0.455 e. The quantitative estimate of drug-likeness (QED) is 0.0965. The maximum absolute atomic E-state index is 6.41. The van der Waals surface area contributed by atoms with Gasteiger partial charge in [-0.2, -0.15) is 0 Å². The SMILES string of the molecule is c1ccc(-c2ccc(-c3ccc(-c4ccc(N(c5ccc(-c6ccc7ccccc7c6)cc5)c5ccc(-c6cccc7c6oc6ccccc67)cc5)cc4)cc3)cc2)cc1.c1ccc(-c2ccc(-c3ccc(-c4ccc(N(c5ccc(-c6cccc7ccccc67)cc5)c5ccc(-c6cccc7c6oc6ccccc67)cc5)cc4)cc3)cc2)cc1. The molecule has 0 saturated carbocycles. The molecular weight excluding hydrogens is 1450 g/mol. The molecule has 0 bridgehead atoms. The number of hydrogen-bond acceptors (Lipinski definition) is 4. The van der Waals surface area contributed by atoms with E-state index in [0.29, 0.717) is 0 Å². The minimum atomic E-state index is 0.905. The van der Waals surface area contributed by atoms with Gasteiger partial charge in [-0.05, 0) is 213 Å². The van der Waals surface area contributed by atoms with Gasteiger partial charge in [0.05, 0.1) is 0 Å². The van der Waals surface area contributed by atoms with Gasteiger partial charge in [-0.3, -0.25) is 0 Å². The fourth-order valence-electron chi connectivity index (χ4n) is 17.2. The zero-order valence-corrected chi connectivity index (χ0v) is 65.7. The third kappa shape index (κ3) is 14.2. The van der Waals surface area contributed by atoms with E-state index in [4.69, 9.17) is 8.83 Å².